The van der Waals surface area contributed by atoms with E-state index in [1.54, 1.807) is 0 Å². The van der Waals surface area contributed by atoms with Crippen LogP contribution in [0.15, 0.2) is 18.2 Å². The molecule has 4 rings (SSSR count). The third kappa shape index (κ3) is 7.74. The highest BCUT2D eigenvalue weighted by Gasteiger charge is 2.40. The van der Waals surface area contributed by atoms with Crippen LogP contribution >= 0.6 is 0 Å². The van der Waals surface area contributed by atoms with Crippen molar-refractivity contribution in [3.8, 4) is 5.75 Å². The van der Waals surface area contributed by atoms with Gasteiger partial charge in [0.1, 0.15) is 18.0 Å². The molecule has 3 aliphatic rings. The lowest BCUT2D eigenvalue weighted by molar-refractivity contribution is -0.155. The molecule has 1 aliphatic heterocycles. The van der Waals surface area contributed by atoms with Gasteiger partial charge in [-0.25, -0.2) is 4.79 Å². The first-order valence-corrected chi connectivity index (χ1v) is 15.3. The second kappa shape index (κ2) is 14.3. The maximum atomic E-state index is 12.6. The number of fused-ring (bicyclic) bond motifs is 2. The standard InChI is InChI=1S/C32H49NO5/c1-4-6-7-10-27(37-22(3)34)15-14-24-12-13-26-19-29-25(18-28(24)26)9-8-11-30(29)36-21-32(35)38-31-20-33-17-16-23(31)5-2/h8-9,11,23-24,26-28,31,33H,4-7,10,12-21H2,1-3H3/t23?,24-,26?,27-,28-,31-/m1/s1. The van der Waals surface area contributed by atoms with Crippen LogP contribution in [-0.4, -0.2) is 43.8 Å². The Hall–Kier alpha value is -2.08. The Morgan fingerprint density at radius 3 is 2.71 bits per heavy atom. The normalized spacial score (nSPS) is 27.2. The summed E-state index contributed by atoms with van der Waals surface area (Å²) < 4.78 is 17.5. The van der Waals surface area contributed by atoms with Gasteiger partial charge in [0.15, 0.2) is 6.61 Å². The fourth-order valence-corrected chi connectivity index (χ4v) is 7.22. The summed E-state index contributed by atoms with van der Waals surface area (Å²) in [4.78, 5) is 24.2. The molecule has 1 N–H and O–H groups in total. The van der Waals surface area contributed by atoms with E-state index >= 15 is 0 Å². The van der Waals surface area contributed by atoms with Gasteiger partial charge in [-0.3, -0.25) is 4.79 Å². The second-order valence-corrected chi connectivity index (χ2v) is 11.8. The van der Waals surface area contributed by atoms with Gasteiger partial charge >= 0.3 is 11.9 Å². The summed E-state index contributed by atoms with van der Waals surface area (Å²) in [6.45, 7) is 7.60. The van der Waals surface area contributed by atoms with Crippen molar-refractivity contribution in [2.45, 2.75) is 110 Å². The van der Waals surface area contributed by atoms with Crippen molar-refractivity contribution in [3.63, 3.8) is 0 Å². The first-order chi connectivity index (χ1) is 18.5. The average molecular weight is 528 g/mol. The van der Waals surface area contributed by atoms with E-state index in [1.807, 2.05) is 6.07 Å². The van der Waals surface area contributed by atoms with Gasteiger partial charge in [0, 0.05) is 13.5 Å². The Kier molecular flexibility index (Phi) is 10.9. The largest absolute Gasteiger partial charge is 0.482 e. The molecule has 1 heterocycles. The van der Waals surface area contributed by atoms with Gasteiger partial charge in [0.25, 0.3) is 0 Å². The number of carbonyl (C=O) groups is 2. The molecule has 1 aromatic carbocycles. The van der Waals surface area contributed by atoms with Gasteiger partial charge in [-0.15, -0.1) is 0 Å². The number of ether oxygens (including phenoxy) is 3. The number of piperidine rings is 1. The molecule has 6 atom stereocenters. The van der Waals surface area contributed by atoms with Gasteiger partial charge < -0.3 is 19.5 Å². The molecule has 6 nitrogen and oxygen atoms in total. The van der Waals surface area contributed by atoms with Crippen molar-refractivity contribution in [3.05, 3.63) is 29.3 Å². The zero-order chi connectivity index (χ0) is 26.9. The van der Waals surface area contributed by atoms with Gasteiger partial charge in [-0.1, -0.05) is 38.8 Å². The smallest absolute Gasteiger partial charge is 0.344 e. The maximum Gasteiger partial charge on any atom is 0.344 e. The Labute approximate surface area is 229 Å². The number of carbonyl (C=O) groups excluding carboxylic acids is 2. The number of hydrogen-bond acceptors (Lipinski definition) is 6. The lowest BCUT2D eigenvalue weighted by Gasteiger charge is -2.33. The SMILES string of the molecule is CCCCC[C@H](CC[C@H]1CCC2Cc3c(cccc3OCC(=O)O[C@@H]3CNCCC3CC)C[C@@H]21)OC(C)=O. The molecule has 2 unspecified atom stereocenters. The van der Waals surface area contributed by atoms with Crippen LogP contribution in [0.25, 0.3) is 0 Å². The summed E-state index contributed by atoms with van der Waals surface area (Å²) in [5, 5.41) is 3.34. The second-order valence-electron chi connectivity index (χ2n) is 11.8. The van der Waals surface area contributed by atoms with Crippen molar-refractivity contribution in [1.29, 1.82) is 0 Å². The molecular weight excluding hydrogens is 478 g/mol. The minimum atomic E-state index is -0.273. The van der Waals surface area contributed by atoms with Crippen molar-refractivity contribution in [1.82, 2.24) is 5.32 Å². The highest BCUT2D eigenvalue weighted by Crippen LogP contribution is 2.48. The molecule has 0 amide bonds. The van der Waals surface area contributed by atoms with E-state index in [9.17, 15) is 9.59 Å². The van der Waals surface area contributed by atoms with Crippen LogP contribution < -0.4 is 10.1 Å². The number of esters is 2. The molecule has 0 radical (unpaired) electrons. The quantitative estimate of drug-likeness (QED) is 0.249. The number of nitrogens with one attached hydrogen (secondary N) is 1. The van der Waals surface area contributed by atoms with E-state index in [2.05, 4.69) is 31.3 Å². The number of hydrogen-bond donors (Lipinski definition) is 1. The van der Waals surface area contributed by atoms with Crippen LogP contribution in [0.4, 0.5) is 0 Å². The van der Waals surface area contributed by atoms with Gasteiger partial charge in [0.05, 0.1) is 0 Å². The van der Waals surface area contributed by atoms with E-state index in [0.29, 0.717) is 23.7 Å². The molecule has 2 aliphatic carbocycles. The van der Waals surface area contributed by atoms with E-state index < -0.39 is 0 Å². The molecule has 1 aromatic rings. The van der Waals surface area contributed by atoms with Crippen molar-refractivity contribution in [2.75, 3.05) is 19.7 Å². The molecule has 6 heteroatoms. The highest BCUT2D eigenvalue weighted by atomic mass is 16.6. The fourth-order valence-electron chi connectivity index (χ4n) is 7.22. The maximum absolute atomic E-state index is 12.6. The fraction of sp³-hybridized carbons (Fsp3) is 0.750. The summed E-state index contributed by atoms with van der Waals surface area (Å²) in [5.41, 5.74) is 2.65. The lowest BCUT2D eigenvalue weighted by atomic mass is 9.73. The van der Waals surface area contributed by atoms with Gasteiger partial charge in [-0.2, -0.15) is 0 Å². The number of rotatable bonds is 13. The summed E-state index contributed by atoms with van der Waals surface area (Å²) in [6, 6.07) is 6.31. The summed E-state index contributed by atoms with van der Waals surface area (Å²) in [7, 11) is 0. The lowest BCUT2D eigenvalue weighted by Crippen LogP contribution is -2.43. The first kappa shape index (κ1) is 28.9. The average Bonchev–Trinajstić information content (AvgIpc) is 3.31. The molecular formula is C32H49NO5. The zero-order valence-corrected chi connectivity index (χ0v) is 23.8. The summed E-state index contributed by atoms with van der Waals surface area (Å²) in [5.74, 6) is 2.88. The van der Waals surface area contributed by atoms with Crippen molar-refractivity contribution < 1.29 is 23.8 Å². The van der Waals surface area contributed by atoms with Crippen LogP contribution in [0.1, 0.15) is 96.1 Å². The molecule has 38 heavy (non-hydrogen) atoms. The Morgan fingerprint density at radius 1 is 1.05 bits per heavy atom. The summed E-state index contributed by atoms with van der Waals surface area (Å²) >= 11 is 0. The van der Waals surface area contributed by atoms with Crippen LogP contribution in [0.5, 0.6) is 5.75 Å². The molecule has 2 fully saturated rings. The van der Waals surface area contributed by atoms with Gasteiger partial charge in [0.2, 0.25) is 0 Å². The summed E-state index contributed by atoms with van der Waals surface area (Å²) in [6.07, 6.45) is 13.3. The minimum absolute atomic E-state index is 0.0321. The van der Waals surface area contributed by atoms with Crippen LogP contribution in [0.3, 0.4) is 0 Å². The molecule has 1 saturated carbocycles. The predicted octanol–water partition coefficient (Wildman–Crippen LogP) is 6.03. The molecule has 1 saturated heterocycles. The molecule has 0 spiro atoms. The van der Waals surface area contributed by atoms with Crippen LogP contribution in [-0.2, 0) is 31.9 Å². The molecule has 212 valence electrons. The number of benzene rings is 1. The van der Waals surface area contributed by atoms with E-state index in [0.717, 1.165) is 70.2 Å². The van der Waals surface area contributed by atoms with E-state index in [1.165, 1.54) is 43.7 Å². The minimum Gasteiger partial charge on any atom is -0.482 e. The van der Waals surface area contributed by atoms with Crippen LogP contribution in [0.2, 0.25) is 0 Å². The Bertz CT molecular complexity index is 917. The Balaban J connectivity index is 1.31. The Morgan fingerprint density at radius 2 is 1.92 bits per heavy atom. The number of unbranched alkanes of at least 4 members (excludes halogenated alkanes) is 2. The zero-order valence-electron chi connectivity index (χ0n) is 23.8. The van der Waals surface area contributed by atoms with Gasteiger partial charge in [-0.05, 0) is 112 Å². The molecule has 0 bridgehead atoms. The van der Waals surface area contributed by atoms with Crippen molar-refractivity contribution >= 4 is 11.9 Å². The first-order valence-electron chi connectivity index (χ1n) is 15.3. The molecule has 0 aromatic heterocycles. The van der Waals surface area contributed by atoms with Crippen LogP contribution in [0, 0.1) is 23.7 Å². The van der Waals surface area contributed by atoms with E-state index in [-0.39, 0.29) is 30.8 Å². The third-order valence-corrected chi connectivity index (χ3v) is 9.31. The highest BCUT2D eigenvalue weighted by molar-refractivity contribution is 5.71. The topological polar surface area (TPSA) is 73.9 Å². The van der Waals surface area contributed by atoms with E-state index in [4.69, 9.17) is 14.2 Å². The van der Waals surface area contributed by atoms with Crippen molar-refractivity contribution in [2.24, 2.45) is 23.7 Å². The monoisotopic (exact) mass is 527 g/mol. The predicted molar refractivity (Wildman–Crippen MR) is 149 cm³/mol. The third-order valence-electron chi connectivity index (χ3n) is 9.31.